The van der Waals surface area contributed by atoms with Crippen molar-refractivity contribution in [2.45, 2.75) is 19.9 Å². The van der Waals surface area contributed by atoms with Gasteiger partial charge in [0.25, 0.3) is 0 Å². The second kappa shape index (κ2) is 5.98. The van der Waals surface area contributed by atoms with Crippen LogP contribution in [0, 0.1) is 11.8 Å². The minimum Gasteiger partial charge on any atom is -0.481 e. The molecule has 17 heavy (non-hydrogen) atoms. The maximum Gasteiger partial charge on any atom is 0.308 e. The normalized spacial score (nSPS) is 15.2. The quantitative estimate of drug-likeness (QED) is 0.903. The van der Waals surface area contributed by atoms with Crippen molar-refractivity contribution >= 4 is 33.2 Å². The number of aliphatic carboxylic acids is 1. The molecule has 0 aliphatic heterocycles. The van der Waals surface area contributed by atoms with Gasteiger partial charge >= 0.3 is 5.97 Å². The van der Waals surface area contributed by atoms with Crippen LogP contribution in [-0.2, 0) is 4.79 Å². The highest BCUT2D eigenvalue weighted by Crippen LogP contribution is 2.37. The van der Waals surface area contributed by atoms with Crippen molar-refractivity contribution in [2.24, 2.45) is 11.8 Å². The molecule has 3 nitrogen and oxygen atoms in total. The van der Waals surface area contributed by atoms with Crippen LogP contribution in [0.3, 0.4) is 0 Å². The van der Waals surface area contributed by atoms with E-state index in [-0.39, 0.29) is 12.0 Å². The van der Waals surface area contributed by atoms with Gasteiger partial charge in [-0.1, -0.05) is 13.8 Å². The molecular formula is C12H18BrNO2S. The summed E-state index contributed by atoms with van der Waals surface area (Å²) >= 11 is 5.02. The molecule has 0 aliphatic rings. The highest BCUT2D eigenvalue weighted by atomic mass is 79.9. The monoisotopic (exact) mass is 319 g/mol. The van der Waals surface area contributed by atoms with Gasteiger partial charge in [-0.05, 0) is 48.1 Å². The van der Waals surface area contributed by atoms with E-state index in [1.54, 1.807) is 11.3 Å². The zero-order valence-corrected chi connectivity index (χ0v) is 12.9. The van der Waals surface area contributed by atoms with Crippen molar-refractivity contribution in [3.63, 3.8) is 0 Å². The molecule has 0 saturated heterocycles. The van der Waals surface area contributed by atoms with Gasteiger partial charge in [-0.15, -0.1) is 11.3 Å². The molecule has 5 heteroatoms. The van der Waals surface area contributed by atoms with Gasteiger partial charge in [0, 0.05) is 4.88 Å². The first-order chi connectivity index (χ1) is 7.84. The van der Waals surface area contributed by atoms with Gasteiger partial charge < -0.3 is 10.0 Å². The Labute approximate surface area is 115 Å². The van der Waals surface area contributed by atoms with Gasteiger partial charge in [0.05, 0.1) is 15.7 Å². The highest BCUT2D eigenvalue weighted by Gasteiger charge is 2.34. The molecule has 0 aromatic carbocycles. The van der Waals surface area contributed by atoms with E-state index in [2.05, 4.69) is 15.9 Å². The highest BCUT2D eigenvalue weighted by molar-refractivity contribution is 9.11. The molecule has 0 spiro atoms. The van der Waals surface area contributed by atoms with Crippen LogP contribution in [0.25, 0.3) is 0 Å². The Morgan fingerprint density at radius 3 is 2.29 bits per heavy atom. The Kier molecular flexibility index (Phi) is 5.16. The van der Waals surface area contributed by atoms with Crippen LogP contribution in [0.2, 0.25) is 0 Å². The third kappa shape index (κ3) is 3.53. The summed E-state index contributed by atoms with van der Waals surface area (Å²) in [7, 11) is 3.85. The zero-order chi connectivity index (χ0) is 13.2. The molecule has 96 valence electrons. The van der Waals surface area contributed by atoms with Crippen LogP contribution in [0.5, 0.6) is 0 Å². The molecule has 0 saturated carbocycles. The molecule has 1 aromatic heterocycles. The van der Waals surface area contributed by atoms with Crippen LogP contribution in [-0.4, -0.2) is 30.1 Å². The SMILES string of the molecule is CC(C)C(C(=O)O)C(c1ccc(Br)s1)N(C)C. The summed E-state index contributed by atoms with van der Waals surface area (Å²) in [6, 6.07) is 3.89. The van der Waals surface area contributed by atoms with E-state index in [1.807, 2.05) is 45.0 Å². The van der Waals surface area contributed by atoms with E-state index in [9.17, 15) is 9.90 Å². The summed E-state index contributed by atoms with van der Waals surface area (Å²) in [6.07, 6.45) is 0. The molecule has 0 amide bonds. The first-order valence-electron chi connectivity index (χ1n) is 5.49. The molecule has 2 atom stereocenters. The molecule has 0 radical (unpaired) electrons. The van der Waals surface area contributed by atoms with Crippen molar-refractivity contribution in [2.75, 3.05) is 14.1 Å². The number of carboxylic acid groups (broad SMARTS) is 1. The first-order valence-corrected chi connectivity index (χ1v) is 7.10. The maximum atomic E-state index is 11.4. The van der Waals surface area contributed by atoms with E-state index in [1.165, 1.54) is 0 Å². The van der Waals surface area contributed by atoms with Gasteiger partial charge in [-0.2, -0.15) is 0 Å². The van der Waals surface area contributed by atoms with Gasteiger partial charge in [0.2, 0.25) is 0 Å². The van der Waals surface area contributed by atoms with Crippen molar-refractivity contribution in [3.8, 4) is 0 Å². The lowest BCUT2D eigenvalue weighted by Crippen LogP contribution is -2.35. The van der Waals surface area contributed by atoms with Crippen molar-refractivity contribution in [1.29, 1.82) is 0 Å². The molecule has 2 unspecified atom stereocenters. The number of carboxylic acids is 1. The number of carbonyl (C=O) groups is 1. The molecule has 0 fully saturated rings. The predicted molar refractivity (Wildman–Crippen MR) is 74.4 cm³/mol. The van der Waals surface area contributed by atoms with E-state index in [0.29, 0.717) is 0 Å². The first kappa shape index (κ1) is 14.7. The average Bonchev–Trinajstić information content (AvgIpc) is 2.58. The second-order valence-corrected chi connectivity index (χ2v) is 7.15. The van der Waals surface area contributed by atoms with Crippen molar-refractivity contribution < 1.29 is 9.90 Å². The minimum absolute atomic E-state index is 0.0798. The molecule has 1 rings (SSSR count). The Hall–Kier alpha value is -0.390. The lowest BCUT2D eigenvalue weighted by atomic mass is 9.87. The number of hydrogen-bond acceptors (Lipinski definition) is 3. The fourth-order valence-corrected chi connectivity index (χ4v) is 3.69. The minimum atomic E-state index is -0.733. The molecule has 0 aliphatic carbocycles. The van der Waals surface area contributed by atoms with Crippen molar-refractivity contribution in [3.05, 3.63) is 20.8 Å². The topological polar surface area (TPSA) is 40.5 Å². The zero-order valence-electron chi connectivity index (χ0n) is 10.5. The summed E-state index contributed by atoms with van der Waals surface area (Å²) in [5.74, 6) is -1.03. The van der Waals surface area contributed by atoms with E-state index in [0.717, 1.165) is 8.66 Å². The number of thiophene rings is 1. The Balaban J connectivity index is 3.11. The predicted octanol–water partition coefficient (Wildman–Crippen LogP) is 3.47. The van der Waals surface area contributed by atoms with Crippen LogP contribution in [0.15, 0.2) is 15.9 Å². The van der Waals surface area contributed by atoms with Gasteiger partial charge in [0.15, 0.2) is 0 Å². The van der Waals surface area contributed by atoms with Crippen LogP contribution < -0.4 is 0 Å². The number of rotatable bonds is 5. The summed E-state index contributed by atoms with van der Waals surface area (Å²) in [4.78, 5) is 14.5. The lowest BCUT2D eigenvalue weighted by molar-refractivity contribution is -0.146. The second-order valence-electron chi connectivity index (χ2n) is 4.66. The van der Waals surface area contributed by atoms with Crippen molar-refractivity contribution in [1.82, 2.24) is 4.90 Å². The van der Waals surface area contributed by atoms with E-state index >= 15 is 0 Å². The van der Waals surface area contributed by atoms with E-state index < -0.39 is 11.9 Å². The van der Waals surface area contributed by atoms with Crippen LogP contribution >= 0.6 is 27.3 Å². The molecule has 1 aromatic rings. The maximum absolute atomic E-state index is 11.4. The van der Waals surface area contributed by atoms with Crippen LogP contribution in [0.4, 0.5) is 0 Å². The smallest absolute Gasteiger partial charge is 0.308 e. The van der Waals surface area contributed by atoms with Gasteiger partial charge in [-0.3, -0.25) is 4.79 Å². The molecular weight excluding hydrogens is 302 g/mol. The Morgan fingerprint density at radius 1 is 1.41 bits per heavy atom. The Morgan fingerprint density at radius 2 is 2.00 bits per heavy atom. The molecule has 1 N–H and O–H groups in total. The fourth-order valence-electron chi connectivity index (χ4n) is 2.02. The van der Waals surface area contributed by atoms with Crippen LogP contribution in [0.1, 0.15) is 24.8 Å². The summed E-state index contributed by atoms with van der Waals surface area (Å²) in [6.45, 7) is 3.91. The number of nitrogens with zero attached hydrogens (tertiary/aromatic N) is 1. The number of hydrogen-bond donors (Lipinski definition) is 1. The third-order valence-electron chi connectivity index (χ3n) is 2.79. The molecule has 0 bridgehead atoms. The average molecular weight is 320 g/mol. The van der Waals surface area contributed by atoms with Gasteiger partial charge in [-0.25, -0.2) is 0 Å². The lowest BCUT2D eigenvalue weighted by Gasteiger charge is -2.31. The standard InChI is InChI=1S/C12H18BrNO2S/c1-7(2)10(12(15)16)11(14(3)4)8-5-6-9(13)17-8/h5-7,10-11H,1-4H3,(H,15,16). The summed E-state index contributed by atoms with van der Waals surface area (Å²) in [5, 5.41) is 9.40. The molecule has 1 heterocycles. The largest absolute Gasteiger partial charge is 0.481 e. The van der Waals surface area contributed by atoms with Gasteiger partial charge in [0.1, 0.15) is 0 Å². The fraction of sp³-hybridized carbons (Fsp3) is 0.583. The van der Waals surface area contributed by atoms with E-state index in [4.69, 9.17) is 0 Å². The Bertz CT molecular complexity index is 390. The third-order valence-corrected chi connectivity index (χ3v) is 4.48. The number of halogens is 1. The summed E-state index contributed by atoms with van der Waals surface area (Å²) < 4.78 is 1.03. The summed E-state index contributed by atoms with van der Waals surface area (Å²) in [5.41, 5.74) is 0.